The van der Waals surface area contributed by atoms with Crippen molar-refractivity contribution in [3.8, 4) is 5.75 Å². The van der Waals surface area contributed by atoms with Crippen LogP contribution >= 0.6 is 0 Å². The van der Waals surface area contributed by atoms with Crippen LogP contribution in [0, 0.1) is 0 Å². The third-order valence-corrected chi connectivity index (χ3v) is 2.30. The van der Waals surface area contributed by atoms with E-state index >= 15 is 0 Å². The van der Waals surface area contributed by atoms with E-state index in [0.29, 0.717) is 5.56 Å². The second-order valence-electron chi connectivity index (χ2n) is 3.30. The van der Waals surface area contributed by atoms with Crippen LogP contribution in [0.4, 0.5) is 0 Å². The second kappa shape index (κ2) is 5.13. The van der Waals surface area contributed by atoms with Crippen LogP contribution in [0.1, 0.15) is 5.56 Å². The Labute approximate surface area is 97.8 Å². The van der Waals surface area contributed by atoms with Gasteiger partial charge in [0, 0.05) is 0 Å². The lowest BCUT2D eigenvalue weighted by molar-refractivity contribution is -0.138. The first-order valence-corrected chi connectivity index (χ1v) is 5.88. The minimum Gasteiger partial charge on any atom is -0.480 e. The number of hydrogen-bond donors (Lipinski definition) is 3. The first kappa shape index (κ1) is 13.4. The van der Waals surface area contributed by atoms with E-state index in [4.69, 9.17) is 15.4 Å². The van der Waals surface area contributed by atoms with Gasteiger partial charge in [-0.3, -0.25) is 9.35 Å². The largest absolute Gasteiger partial charge is 0.480 e. The van der Waals surface area contributed by atoms with E-state index in [1.807, 2.05) is 0 Å². The Bertz CT molecular complexity index is 495. The summed E-state index contributed by atoms with van der Waals surface area (Å²) in [6.45, 7) is 0. The molecule has 4 N–H and O–H groups in total. The highest BCUT2D eigenvalue weighted by atomic mass is 32.3. The van der Waals surface area contributed by atoms with Crippen LogP contribution in [0.3, 0.4) is 0 Å². The zero-order valence-corrected chi connectivity index (χ0v) is 9.42. The van der Waals surface area contributed by atoms with Crippen LogP contribution in [-0.4, -0.2) is 30.1 Å². The number of aliphatic carboxylic acids is 1. The SMILES string of the molecule is N[C@H](Cc1ccc(OS(=O)(=O)O)cc1)C(=O)O. The summed E-state index contributed by atoms with van der Waals surface area (Å²) in [5, 5.41) is 8.59. The summed E-state index contributed by atoms with van der Waals surface area (Å²) in [5.41, 5.74) is 5.94. The highest BCUT2D eigenvalue weighted by Crippen LogP contribution is 2.14. The van der Waals surface area contributed by atoms with Gasteiger partial charge in [-0.1, -0.05) is 12.1 Å². The van der Waals surface area contributed by atoms with Crippen molar-refractivity contribution in [2.75, 3.05) is 0 Å². The fraction of sp³-hybridized carbons (Fsp3) is 0.222. The summed E-state index contributed by atoms with van der Waals surface area (Å²) in [4.78, 5) is 10.5. The zero-order valence-electron chi connectivity index (χ0n) is 8.61. The third-order valence-electron chi connectivity index (χ3n) is 1.90. The van der Waals surface area contributed by atoms with E-state index in [2.05, 4.69) is 4.18 Å². The van der Waals surface area contributed by atoms with Gasteiger partial charge < -0.3 is 15.0 Å². The highest BCUT2D eigenvalue weighted by molar-refractivity contribution is 7.81. The molecule has 0 aromatic heterocycles. The topological polar surface area (TPSA) is 127 Å². The van der Waals surface area contributed by atoms with Gasteiger partial charge >= 0.3 is 16.4 Å². The molecule has 0 spiro atoms. The molecule has 0 aliphatic carbocycles. The molecule has 0 unspecified atom stereocenters. The Morgan fingerprint density at radius 1 is 1.35 bits per heavy atom. The lowest BCUT2D eigenvalue weighted by atomic mass is 10.1. The first-order chi connectivity index (χ1) is 7.78. The number of carbonyl (C=O) groups is 1. The Balaban J connectivity index is 2.72. The molecule has 0 saturated carbocycles. The highest BCUT2D eigenvalue weighted by Gasteiger charge is 2.12. The fourth-order valence-corrected chi connectivity index (χ4v) is 1.50. The van der Waals surface area contributed by atoms with Gasteiger partial charge in [-0.25, -0.2) is 0 Å². The quantitative estimate of drug-likeness (QED) is 0.627. The van der Waals surface area contributed by atoms with Crippen LogP contribution in [0.15, 0.2) is 24.3 Å². The van der Waals surface area contributed by atoms with Crippen molar-refractivity contribution in [2.24, 2.45) is 5.73 Å². The van der Waals surface area contributed by atoms with Gasteiger partial charge in [0.25, 0.3) is 0 Å². The lowest BCUT2D eigenvalue weighted by Crippen LogP contribution is -2.32. The van der Waals surface area contributed by atoms with Crippen LogP contribution in [0.25, 0.3) is 0 Å². The molecule has 7 nitrogen and oxygen atoms in total. The molecule has 17 heavy (non-hydrogen) atoms. The van der Waals surface area contributed by atoms with Crippen molar-refractivity contribution in [3.63, 3.8) is 0 Å². The zero-order chi connectivity index (χ0) is 13.1. The molecule has 1 rings (SSSR count). The molecular formula is C9H11NO6S. The minimum absolute atomic E-state index is 0.0693. The molecule has 0 aliphatic rings. The number of carboxylic acids is 1. The van der Waals surface area contributed by atoms with Gasteiger partial charge in [0.05, 0.1) is 0 Å². The molecule has 94 valence electrons. The first-order valence-electron chi connectivity index (χ1n) is 4.52. The summed E-state index contributed by atoms with van der Waals surface area (Å²) in [6, 6.07) is 4.48. The van der Waals surface area contributed by atoms with Crippen molar-refractivity contribution in [1.82, 2.24) is 0 Å². The maximum absolute atomic E-state index is 10.5. The fourth-order valence-electron chi connectivity index (χ4n) is 1.14. The van der Waals surface area contributed by atoms with Gasteiger partial charge in [0.2, 0.25) is 0 Å². The summed E-state index contributed by atoms with van der Waals surface area (Å²) < 4.78 is 33.4. The predicted octanol–water partition coefficient (Wildman–Crippen LogP) is -0.177. The predicted molar refractivity (Wildman–Crippen MR) is 57.9 cm³/mol. The van der Waals surface area contributed by atoms with Crippen LogP contribution in [-0.2, 0) is 21.6 Å². The van der Waals surface area contributed by atoms with Crippen LogP contribution in [0.2, 0.25) is 0 Å². The van der Waals surface area contributed by atoms with Crippen molar-refractivity contribution in [2.45, 2.75) is 12.5 Å². The van der Waals surface area contributed by atoms with Crippen molar-refractivity contribution < 1.29 is 27.1 Å². The second-order valence-corrected chi connectivity index (χ2v) is 4.33. The number of benzene rings is 1. The lowest BCUT2D eigenvalue weighted by Gasteiger charge is -2.07. The number of nitrogens with two attached hydrogens (primary N) is 1. The third kappa shape index (κ3) is 4.81. The van der Waals surface area contributed by atoms with Crippen molar-refractivity contribution in [1.29, 1.82) is 0 Å². The van der Waals surface area contributed by atoms with E-state index in [1.165, 1.54) is 24.3 Å². The molecule has 0 amide bonds. The van der Waals surface area contributed by atoms with Gasteiger partial charge in [0.15, 0.2) is 0 Å². The number of carboxylic acid groups (broad SMARTS) is 1. The van der Waals surface area contributed by atoms with E-state index < -0.39 is 22.4 Å². The van der Waals surface area contributed by atoms with Crippen LogP contribution < -0.4 is 9.92 Å². The molecular weight excluding hydrogens is 250 g/mol. The standard InChI is InChI=1S/C9H11NO6S/c10-8(9(11)12)5-6-1-3-7(4-2-6)16-17(13,14)15/h1-4,8H,5,10H2,(H,11,12)(H,13,14,15)/t8-/m1/s1. The van der Waals surface area contributed by atoms with Crippen LogP contribution in [0.5, 0.6) is 5.75 Å². The minimum atomic E-state index is -4.55. The Hall–Kier alpha value is -1.64. The van der Waals surface area contributed by atoms with E-state index in [-0.39, 0.29) is 12.2 Å². The molecule has 0 radical (unpaired) electrons. The molecule has 0 saturated heterocycles. The summed E-state index contributed by atoms with van der Waals surface area (Å²) in [7, 11) is -4.55. The average Bonchev–Trinajstić information content (AvgIpc) is 2.18. The van der Waals surface area contributed by atoms with Gasteiger partial charge in [-0.15, -0.1) is 0 Å². The number of hydrogen-bond acceptors (Lipinski definition) is 5. The molecule has 1 atom stereocenters. The molecule has 0 bridgehead atoms. The van der Waals surface area contributed by atoms with E-state index in [1.54, 1.807) is 0 Å². The smallest absolute Gasteiger partial charge is 0.446 e. The van der Waals surface area contributed by atoms with Crippen molar-refractivity contribution in [3.05, 3.63) is 29.8 Å². The Morgan fingerprint density at radius 3 is 2.29 bits per heavy atom. The molecule has 8 heteroatoms. The molecule has 0 fully saturated rings. The Kier molecular flexibility index (Phi) is 4.05. The van der Waals surface area contributed by atoms with E-state index in [9.17, 15) is 13.2 Å². The Morgan fingerprint density at radius 2 is 1.88 bits per heavy atom. The summed E-state index contributed by atoms with van der Waals surface area (Å²) >= 11 is 0. The molecule has 1 aromatic rings. The summed E-state index contributed by atoms with van der Waals surface area (Å²) in [6.07, 6.45) is 0.113. The van der Waals surface area contributed by atoms with Gasteiger partial charge in [0.1, 0.15) is 11.8 Å². The average molecular weight is 261 g/mol. The molecule has 1 aromatic carbocycles. The van der Waals surface area contributed by atoms with Gasteiger partial charge in [-0.05, 0) is 24.1 Å². The van der Waals surface area contributed by atoms with E-state index in [0.717, 1.165) is 0 Å². The van der Waals surface area contributed by atoms with Gasteiger partial charge in [-0.2, -0.15) is 8.42 Å². The molecule has 0 heterocycles. The normalized spacial score (nSPS) is 13.1. The maximum Gasteiger partial charge on any atom is 0.446 e. The number of rotatable bonds is 5. The molecule has 0 aliphatic heterocycles. The maximum atomic E-state index is 10.5. The van der Waals surface area contributed by atoms with Crippen molar-refractivity contribution >= 4 is 16.4 Å². The monoisotopic (exact) mass is 261 g/mol. The summed E-state index contributed by atoms with van der Waals surface area (Å²) in [5.74, 6) is -1.19.